The van der Waals surface area contributed by atoms with Crippen molar-refractivity contribution in [3.05, 3.63) is 47.8 Å². The van der Waals surface area contributed by atoms with Crippen LogP contribution in [0.4, 0.5) is 0 Å². The standard InChI is InChI=1S/C23H27NO5.ClH/c1-6-28-19-9-8-17-16(13-24-14-18(17)22(19)27-5)10-15-11-20(25-3)23(29-7-2)21(12-15)26-4;/h8-9,11-14H,6-7,10H2,1-5H3;1H. The zero-order valence-electron chi connectivity index (χ0n) is 18.0. The average molecular weight is 434 g/mol. The first-order valence-corrected chi connectivity index (χ1v) is 9.60. The van der Waals surface area contributed by atoms with Crippen LogP contribution in [0.25, 0.3) is 10.8 Å². The summed E-state index contributed by atoms with van der Waals surface area (Å²) in [7, 11) is 4.90. The van der Waals surface area contributed by atoms with Crippen molar-refractivity contribution in [3.8, 4) is 28.7 Å². The molecule has 1 heterocycles. The van der Waals surface area contributed by atoms with Gasteiger partial charge in [-0.05, 0) is 55.0 Å². The van der Waals surface area contributed by atoms with Crippen molar-refractivity contribution in [3.63, 3.8) is 0 Å². The molecule has 0 saturated heterocycles. The molecule has 1 aromatic heterocycles. The summed E-state index contributed by atoms with van der Waals surface area (Å²) in [5.74, 6) is 3.31. The highest BCUT2D eigenvalue weighted by molar-refractivity contribution is 5.92. The van der Waals surface area contributed by atoms with E-state index in [1.165, 1.54) is 0 Å². The number of fused-ring (bicyclic) bond motifs is 1. The molecule has 0 saturated carbocycles. The Morgan fingerprint density at radius 3 is 1.97 bits per heavy atom. The number of aromatic nitrogens is 1. The fourth-order valence-electron chi connectivity index (χ4n) is 3.42. The summed E-state index contributed by atoms with van der Waals surface area (Å²) in [6, 6.07) is 7.92. The van der Waals surface area contributed by atoms with Gasteiger partial charge in [-0.3, -0.25) is 4.98 Å². The van der Waals surface area contributed by atoms with Gasteiger partial charge in [-0.15, -0.1) is 12.4 Å². The molecule has 30 heavy (non-hydrogen) atoms. The second-order valence-electron chi connectivity index (χ2n) is 6.36. The molecular weight excluding hydrogens is 406 g/mol. The highest BCUT2D eigenvalue weighted by atomic mass is 35.5. The zero-order valence-corrected chi connectivity index (χ0v) is 18.8. The van der Waals surface area contributed by atoms with Gasteiger partial charge in [0.25, 0.3) is 0 Å². The number of hydrogen-bond acceptors (Lipinski definition) is 6. The van der Waals surface area contributed by atoms with E-state index in [4.69, 9.17) is 23.7 Å². The molecule has 0 aliphatic carbocycles. The molecule has 0 spiro atoms. The number of benzene rings is 2. The second kappa shape index (κ2) is 10.8. The molecule has 0 aliphatic rings. The van der Waals surface area contributed by atoms with Crippen molar-refractivity contribution in [2.75, 3.05) is 34.5 Å². The quantitative estimate of drug-likeness (QED) is 0.469. The van der Waals surface area contributed by atoms with Crippen LogP contribution in [0, 0.1) is 0 Å². The maximum absolute atomic E-state index is 5.70. The van der Waals surface area contributed by atoms with Crippen LogP contribution in [0.3, 0.4) is 0 Å². The summed E-state index contributed by atoms with van der Waals surface area (Å²) < 4.78 is 28.1. The van der Waals surface area contributed by atoms with Crippen molar-refractivity contribution in [2.45, 2.75) is 20.3 Å². The summed E-state index contributed by atoms with van der Waals surface area (Å²) in [6.45, 7) is 4.98. The minimum atomic E-state index is 0. The number of rotatable bonds is 9. The molecule has 0 radical (unpaired) electrons. The van der Waals surface area contributed by atoms with Gasteiger partial charge in [-0.25, -0.2) is 0 Å². The van der Waals surface area contributed by atoms with Gasteiger partial charge in [0, 0.05) is 17.8 Å². The van der Waals surface area contributed by atoms with Crippen LogP contribution < -0.4 is 23.7 Å². The van der Waals surface area contributed by atoms with Gasteiger partial charge >= 0.3 is 0 Å². The maximum atomic E-state index is 5.70. The molecule has 0 amide bonds. The molecule has 0 atom stereocenters. The second-order valence-corrected chi connectivity index (χ2v) is 6.36. The fourth-order valence-corrected chi connectivity index (χ4v) is 3.42. The molecule has 0 N–H and O–H groups in total. The number of nitrogens with zero attached hydrogens (tertiary/aromatic N) is 1. The smallest absolute Gasteiger partial charge is 0.203 e. The normalized spacial score (nSPS) is 10.3. The Morgan fingerprint density at radius 2 is 1.40 bits per heavy atom. The van der Waals surface area contributed by atoms with Crippen molar-refractivity contribution >= 4 is 23.2 Å². The maximum Gasteiger partial charge on any atom is 0.203 e. The van der Waals surface area contributed by atoms with Crippen LogP contribution in [-0.2, 0) is 6.42 Å². The predicted octanol–water partition coefficient (Wildman–Crippen LogP) is 5.07. The summed E-state index contributed by atoms with van der Waals surface area (Å²) in [6.07, 6.45) is 4.33. The largest absolute Gasteiger partial charge is 0.493 e. The van der Waals surface area contributed by atoms with Crippen LogP contribution in [-0.4, -0.2) is 39.5 Å². The molecule has 3 aromatic rings. The Labute approximate surface area is 183 Å². The first-order chi connectivity index (χ1) is 14.2. The van der Waals surface area contributed by atoms with Gasteiger partial charge in [-0.1, -0.05) is 6.07 Å². The van der Waals surface area contributed by atoms with Crippen LogP contribution in [0.15, 0.2) is 36.7 Å². The summed E-state index contributed by atoms with van der Waals surface area (Å²) in [5, 5.41) is 1.98. The fraction of sp³-hybridized carbons (Fsp3) is 0.348. The third-order valence-corrected chi connectivity index (χ3v) is 4.65. The monoisotopic (exact) mass is 433 g/mol. The topological polar surface area (TPSA) is 59.0 Å². The molecule has 7 heteroatoms. The molecule has 6 nitrogen and oxygen atoms in total. The first kappa shape index (κ1) is 23.4. The van der Waals surface area contributed by atoms with Gasteiger partial charge in [0.1, 0.15) is 0 Å². The molecule has 2 aromatic carbocycles. The van der Waals surface area contributed by atoms with Crippen LogP contribution >= 0.6 is 12.4 Å². The molecule has 0 fully saturated rings. The number of halogens is 1. The Balaban J connectivity index is 0.00000320. The van der Waals surface area contributed by atoms with Crippen molar-refractivity contribution in [1.82, 2.24) is 4.98 Å². The number of pyridine rings is 1. The van der Waals surface area contributed by atoms with E-state index in [0.29, 0.717) is 48.4 Å². The summed E-state index contributed by atoms with van der Waals surface area (Å²) in [5.41, 5.74) is 2.10. The molecule has 162 valence electrons. The lowest BCUT2D eigenvalue weighted by Crippen LogP contribution is -2.01. The minimum Gasteiger partial charge on any atom is -0.493 e. The van der Waals surface area contributed by atoms with Crippen molar-refractivity contribution < 1.29 is 23.7 Å². The van der Waals surface area contributed by atoms with Gasteiger partial charge in [0.15, 0.2) is 23.0 Å². The molecule has 0 bridgehead atoms. The molecule has 3 rings (SSSR count). The van der Waals surface area contributed by atoms with Crippen LogP contribution in [0.1, 0.15) is 25.0 Å². The highest BCUT2D eigenvalue weighted by Crippen LogP contribution is 2.40. The molecular formula is C23H28ClNO5. The Bertz CT molecular complexity index is 968. The van der Waals surface area contributed by atoms with E-state index in [9.17, 15) is 0 Å². The van der Waals surface area contributed by atoms with Gasteiger partial charge < -0.3 is 23.7 Å². The lowest BCUT2D eigenvalue weighted by atomic mass is 9.99. The summed E-state index contributed by atoms with van der Waals surface area (Å²) in [4.78, 5) is 4.43. The van der Waals surface area contributed by atoms with Crippen LogP contribution in [0.5, 0.6) is 28.7 Å². The predicted molar refractivity (Wildman–Crippen MR) is 120 cm³/mol. The molecule has 0 aliphatic heterocycles. The van der Waals surface area contributed by atoms with Gasteiger partial charge in [-0.2, -0.15) is 0 Å². The van der Waals surface area contributed by atoms with E-state index in [2.05, 4.69) is 4.98 Å². The average Bonchev–Trinajstić information content (AvgIpc) is 2.74. The van der Waals surface area contributed by atoms with Crippen molar-refractivity contribution in [2.24, 2.45) is 0 Å². The summed E-state index contributed by atoms with van der Waals surface area (Å²) >= 11 is 0. The third-order valence-electron chi connectivity index (χ3n) is 4.65. The first-order valence-electron chi connectivity index (χ1n) is 9.60. The van der Waals surface area contributed by atoms with E-state index < -0.39 is 0 Å². The minimum absolute atomic E-state index is 0. The van der Waals surface area contributed by atoms with E-state index in [1.807, 2.05) is 44.3 Å². The lowest BCUT2D eigenvalue weighted by Gasteiger charge is -2.16. The molecule has 0 unspecified atom stereocenters. The van der Waals surface area contributed by atoms with Crippen molar-refractivity contribution in [1.29, 1.82) is 0 Å². The number of methoxy groups -OCH3 is 3. The Hall–Kier alpha value is -2.86. The van der Waals surface area contributed by atoms with E-state index in [1.54, 1.807) is 27.5 Å². The van der Waals surface area contributed by atoms with Gasteiger partial charge in [0.2, 0.25) is 5.75 Å². The zero-order chi connectivity index (χ0) is 20.8. The SMILES string of the molecule is CCOc1ccc2c(Cc3cc(OC)c(OCC)c(OC)c3)cncc2c1OC.Cl. The lowest BCUT2D eigenvalue weighted by molar-refractivity contribution is 0.288. The Morgan fingerprint density at radius 1 is 0.733 bits per heavy atom. The van der Waals surface area contributed by atoms with E-state index in [-0.39, 0.29) is 12.4 Å². The van der Waals surface area contributed by atoms with E-state index >= 15 is 0 Å². The van der Waals surface area contributed by atoms with Crippen LogP contribution in [0.2, 0.25) is 0 Å². The third kappa shape index (κ3) is 4.65. The van der Waals surface area contributed by atoms with E-state index in [0.717, 1.165) is 21.9 Å². The Kier molecular flexibility index (Phi) is 8.42. The highest BCUT2D eigenvalue weighted by Gasteiger charge is 2.16. The number of hydrogen-bond donors (Lipinski definition) is 0. The number of ether oxygens (including phenoxy) is 5. The van der Waals surface area contributed by atoms with Gasteiger partial charge in [0.05, 0.1) is 34.5 Å².